The molecule has 29 heavy (non-hydrogen) atoms. The summed E-state index contributed by atoms with van der Waals surface area (Å²) in [5.74, 6) is 0.653. The van der Waals surface area contributed by atoms with Crippen LogP contribution in [0.3, 0.4) is 0 Å². The standard InChI is InChI=1S/C23H25N3O3/c1-29-17-10-8-15(9-11-17)19(20-13-24-21-5-3-2-4-18(20)21)12-25-22(27)14-26-23(28)16-6-7-16/h2-5,8-11,13,16,19,24H,6-7,12,14H2,1H3,(H,25,27)(H,26,28). The van der Waals surface area contributed by atoms with Crippen molar-refractivity contribution < 1.29 is 14.3 Å². The molecule has 0 radical (unpaired) electrons. The Hall–Kier alpha value is -3.28. The first-order valence-electron chi connectivity index (χ1n) is 9.90. The number of para-hydroxylation sites is 1. The van der Waals surface area contributed by atoms with Crippen LogP contribution in [0.4, 0.5) is 0 Å². The number of nitrogens with one attached hydrogen (secondary N) is 3. The molecule has 0 bridgehead atoms. The van der Waals surface area contributed by atoms with Gasteiger partial charge in [-0.3, -0.25) is 9.59 Å². The second kappa shape index (κ2) is 8.39. The predicted molar refractivity (Wildman–Crippen MR) is 112 cm³/mol. The Kier molecular flexibility index (Phi) is 5.51. The van der Waals surface area contributed by atoms with Gasteiger partial charge in [0.05, 0.1) is 13.7 Å². The lowest BCUT2D eigenvalue weighted by molar-refractivity contribution is -0.126. The molecule has 6 nitrogen and oxygen atoms in total. The highest BCUT2D eigenvalue weighted by Gasteiger charge is 2.29. The van der Waals surface area contributed by atoms with Gasteiger partial charge in [0.15, 0.2) is 0 Å². The van der Waals surface area contributed by atoms with Gasteiger partial charge in [-0.25, -0.2) is 0 Å². The van der Waals surface area contributed by atoms with E-state index in [9.17, 15) is 9.59 Å². The van der Waals surface area contributed by atoms with Crippen LogP contribution in [-0.4, -0.2) is 37.0 Å². The number of carbonyl (C=O) groups excluding carboxylic acids is 2. The lowest BCUT2D eigenvalue weighted by Crippen LogP contribution is -2.39. The third-order valence-electron chi connectivity index (χ3n) is 5.39. The number of ether oxygens (including phenoxy) is 1. The molecule has 1 heterocycles. The van der Waals surface area contributed by atoms with Gasteiger partial charge in [-0.05, 0) is 42.2 Å². The van der Waals surface area contributed by atoms with Gasteiger partial charge in [0, 0.05) is 35.5 Å². The lowest BCUT2D eigenvalue weighted by atomic mass is 9.91. The van der Waals surface area contributed by atoms with Crippen molar-refractivity contribution in [3.8, 4) is 5.75 Å². The second-order valence-corrected chi connectivity index (χ2v) is 7.41. The molecule has 0 aliphatic heterocycles. The zero-order valence-electron chi connectivity index (χ0n) is 16.4. The third-order valence-corrected chi connectivity index (χ3v) is 5.39. The van der Waals surface area contributed by atoms with Crippen LogP contribution in [0.1, 0.15) is 29.9 Å². The summed E-state index contributed by atoms with van der Waals surface area (Å²) in [4.78, 5) is 27.4. The Morgan fingerprint density at radius 2 is 1.86 bits per heavy atom. The summed E-state index contributed by atoms with van der Waals surface area (Å²) in [6.45, 7) is 0.449. The van der Waals surface area contributed by atoms with Gasteiger partial charge in [-0.2, -0.15) is 0 Å². The average molecular weight is 391 g/mol. The molecule has 1 aromatic heterocycles. The summed E-state index contributed by atoms with van der Waals surface area (Å²) in [7, 11) is 1.64. The first-order chi connectivity index (χ1) is 14.2. The van der Waals surface area contributed by atoms with Crippen LogP contribution in [0.2, 0.25) is 0 Å². The van der Waals surface area contributed by atoms with Gasteiger partial charge < -0.3 is 20.4 Å². The van der Waals surface area contributed by atoms with Gasteiger partial charge in [0.25, 0.3) is 0 Å². The fraction of sp³-hybridized carbons (Fsp3) is 0.304. The summed E-state index contributed by atoms with van der Waals surface area (Å²) in [5.41, 5.74) is 3.26. The number of benzene rings is 2. The monoisotopic (exact) mass is 391 g/mol. The molecule has 2 amide bonds. The molecule has 2 aromatic carbocycles. The third kappa shape index (κ3) is 4.42. The van der Waals surface area contributed by atoms with Crippen molar-refractivity contribution in [2.75, 3.05) is 20.2 Å². The Morgan fingerprint density at radius 3 is 2.59 bits per heavy atom. The van der Waals surface area contributed by atoms with E-state index in [1.54, 1.807) is 7.11 Å². The number of aromatic nitrogens is 1. The molecule has 1 atom stereocenters. The Bertz CT molecular complexity index is 1010. The molecule has 3 N–H and O–H groups in total. The van der Waals surface area contributed by atoms with E-state index >= 15 is 0 Å². The molecule has 1 saturated carbocycles. The van der Waals surface area contributed by atoms with Crippen molar-refractivity contribution in [3.05, 3.63) is 65.9 Å². The van der Waals surface area contributed by atoms with E-state index in [0.717, 1.165) is 40.6 Å². The van der Waals surface area contributed by atoms with Crippen molar-refractivity contribution in [2.24, 2.45) is 5.92 Å². The number of carbonyl (C=O) groups is 2. The maximum atomic E-state index is 12.3. The van der Waals surface area contributed by atoms with Gasteiger partial charge in [-0.15, -0.1) is 0 Å². The van der Waals surface area contributed by atoms with E-state index in [1.165, 1.54) is 0 Å². The molecular formula is C23H25N3O3. The van der Waals surface area contributed by atoms with Gasteiger partial charge in [-0.1, -0.05) is 30.3 Å². The Labute approximate surface area is 169 Å². The largest absolute Gasteiger partial charge is 0.497 e. The summed E-state index contributed by atoms with van der Waals surface area (Å²) in [6, 6.07) is 16.0. The van der Waals surface area contributed by atoms with Crippen LogP contribution in [0.5, 0.6) is 5.75 Å². The smallest absolute Gasteiger partial charge is 0.239 e. The highest BCUT2D eigenvalue weighted by atomic mass is 16.5. The molecule has 6 heteroatoms. The van der Waals surface area contributed by atoms with Crippen molar-refractivity contribution >= 4 is 22.7 Å². The molecule has 0 spiro atoms. The van der Waals surface area contributed by atoms with E-state index in [1.807, 2.05) is 48.7 Å². The number of methoxy groups -OCH3 is 1. The Morgan fingerprint density at radius 1 is 1.10 bits per heavy atom. The molecule has 0 saturated heterocycles. The fourth-order valence-electron chi connectivity index (χ4n) is 3.56. The maximum Gasteiger partial charge on any atom is 0.239 e. The van der Waals surface area contributed by atoms with E-state index in [0.29, 0.717) is 6.54 Å². The minimum absolute atomic E-state index is 0.0125. The molecule has 1 aliphatic carbocycles. The van der Waals surface area contributed by atoms with E-state index in [2.05, 4.69) is 21.7 Å². The number of hydrogen-bond donors (Lipinski definition) is 3. The van der Waals surface area contributed by atoms with Crippen LogP contribution in [0.15, 0.2) is 54.7 Å². The summed E-state index contributed by atoms with van der Waals surface area (Å²) >= 11 is 0. The van der Waals surface area contributed by atoms with Crippen molar-refractivity contribution in [3.63, 3.8) is 0 Å². The van der Waals surface area contributed by atoms with Crippen LogP contribution in [0, 0.1) is 5.92 Å². The minimum Gasteiger partial charge on any atom is -0.497 e. The summed E-state index contributed by atoms with van der Waals surface area (Å²) < 4.78 is 5.27. The van der Waals surface area contributed by atoms with Crippen molar-refractivity contribution in [1.29, 1.82) is 0 Å². The maximum absolute atomic E-state index is 12.3. The molecule has 1 unspecified atom stereocenters. The minimum atomic E-state index is -0.183. The summed E-state index contributed by atoms with van der Waals surface area (Å²) in [6.07, 6.45) is 3.85. The highest BCUT2D eigenvalue weighted by molar-refractivity contribution is 5.87. The zero-order valence-corrected chi connectivity index (χ0v) is 16.4. The fourth-order valence-corrected chi connectivity index (χ4v) is 3.56. The summed E-state index contributed by atoms with van der Waals surface area (Å²) in [5, 5.41) is 6.82. The van der Waals surface area contributed by atoms with E-state index in [4.69, 9.17) is 4.74 Å². The topological polar surface area (TPSA) is 83.2 Å². The Balaban J connectivity index is 1.51. The van der Waals surface area contributed by atoms with Crippen LogP contribution in [-0.2, 0) is 9.59 Å². The number of aromatic amines is 1. The van der Waals surface area contributed by atoms with Crippen LogP contribution in [0.25, 0.3) is 10.9 Å². The number of rotatable bonds is 8. The second-order valence-electron chi connectivity index (χ2n) is 7.41. The zero-order chi connectivity index (χ0) is 20.2. The normalized spacial score (nSPS) is 14.4. The number of fused-ring (bicyclic) bond motifs is 1. The van der Waals surface area contributed by atoms with Gasteiger partial charge in [0.1, 0.15) is 5.75 Å². The van der Waals surface area contributed by atoms with Crippen molar-refractivity contribution in [1.82, 2.24) is 15.6 Å². The molecule has 4 rings (SSSR count). The molecule has 1 aliphatic rings. The predicted octanol–water partition coefficient (Wildman–Crippen LogP) is 2.95. The number of amides is 2. The van der Waals surface area contributed by atoms with E-state index < -0.39 is 0 Å². The highest BCUT2D eigenvalue weighted by Crippen LogP contribution is 2.31. The molecular weight excluding hydrogens is 366 g/mol. The first kappa shape index (κ1) is 19.1. The van der Waals surface area contributed by atoms with Gasteiger partial charge >= 0.3 is 0 Å². The number of H-pyrrole nitrogens is 1. The molecule has 1 fully saturated rings. The average Bonchev–Trinajstić information content (AvgIpc) is 3.53. The quantitative estimate of drug-likeness (QED) is 0.552. The van der Waals surface area contributed by atoms with Crippen LogP contribution >= 0.6 is 0 Å². The molecule has 3 aromatic rings. The van der Waals surface area contributed by atoms with Gasteiger partial charge in [0.2, 0.25) is 11.8 Å². The van der Waals surface area contributed by atoms with Crippen LogP contribution < -0.4 is 15.4 Å². The van der Waals surface area contributed by atoms with Crippen molar-refractivity contribution in [2.45, 2.75) is 18.8 Å². The SMILES string of the molecule is COc1ccc(C(CNC(=O)CNC(=O)C2CC2)c2c[nH]c3ccccc23)cc1. The molecule has 150 valence electrons. The number of hydrogen-bond acceptors (Lipinski definition) is 3. The van der Waals surface area contributed by atoms with E-state index in [-0.39, 0.29) is 30.2 Å². The lowest BCUT2D eigenvalue weighted by Gasteiger charge is -2.19. The first-order valence-corrected chi connectivity index (χ1v) is 9.90.